The molecule has 26 heavy (non-hydrogen) atoms. The summed E-state index contributed by atoms with van der Waals surface area (Å²) >= 11 is 0. The average molecular weight is 355 g/mol. The van der Waals surface area contributed by atoms with E-state index in [0.717, 1.165) is 5.39 Å². The molecule has 2 aromatic heterocycles. The molecule has 7 heteroatoms. The molecular formula is C19H21N3O4. The van der Waals surface area contributed by atoms with E-state index in [2.05, 4.69) is 4.98 Å². The molecule has 1 aromatic carbocycles. The van der Waals surface area contributed by atoms with Crippen LogP contribution in [0.15, 0.2) is 39.8 Å². The molecule has 0 saturated carbocycles. The number of nitrogens with zero attached hydrogens (tertiary/aromatic N) is 3. The van der Waals surface area contributed by atoms with Gasteiger partial charge in [-0.2, -0.15) is 0 Å². The van der Waals surface area contributed by atoms with E-state index >= 15 is 0 Å². The molecule has 1 unspecified atom stereocenters. The maximum absolute atomic E-state index is 12.7. The summed E-state index contributed by atoms with van der Waals surface area (Å²) in [7, 11) is 0. The Morgan fingerprint density at radius 3 is 2.88 bits per heavy atom. The Morgan fingerprint density at radius 2 is 2.12 bits per heavy atom. The summed E-state index contributed by atoms with van der Waals surface area (Å²) in [5.74, 6) is -0.132. The van der Waals surface area contributed by atoms with Crippen LogP contribution in [-0.4, -0.2) is 45.2 Å². The van der Waals surface area contributed by atoms with E-state index in [1.165, 1.54) is 10.9 Å². The van der Waals surface area contributed by atoms with Crippen LogP contribution < -0.4 is 5.56 Å². The summed E-state index contributed by atoms with van der Waals surface area (Å²) in [6, 6.07) is 7.37. The van der Waals surface area contributed by atoms with Gasteiger partial charge in [0.25, 0.3) is 5.56 Å². The molecule has 1 amide bonds. The zero-order valence-corrected chi connectivity index (χ0v) is 15.1. The molecule has 0 spiro atoms. The predicted molar refractivity (Wildman–Crippen MR) is 97.0 cm³/mol. The second-order valence-electron chi connectivity index (χ2n) is 7.42. The highest BCUT2D eigenvalue weighted by molar-refractivity contribution is 6.01. The minimum Gasteiger partial charge on any atom is -0.448 e. The summed E-state index contributed by atoms with van der Waals surface area (Å²) in [6.45, 7) is 6.79. The van der Waals surface area contributed by atoms with Crippen molar-refractivity contribution in [3.63, 3.8) is 0 Å². The summed E-state index contributed by atoms with van der Waals surface area (Å²) in [4.78, 5) is 31.5. The zero-order valence-electron chi connectivity index (χ0n) is 15.1. The van der Waals surface area contributed by atoms with Crippen molar-refractivity contribution < 1.29 is 13.9 Å². The summed E-state index contributed by atoms with van der Waals surface area (Å²) in [5.41, 5.74) is 0.562. The van der Waals surface area contributed by atoms with Gasteiger partial charge < -0.3 is 14.1 Å². The number of ether oxygens (including phenoxy) is 1. The van der Waals surface area contributed by atoms with Crippen molar-refractivity contribution in [2.75, 3.05) is 13.1 Å². The maximum Gasteiger partial charge on any atom is 0.297 e. The number of furan rings is 1. The molecule has 136 valence electrons. The third-order valence-corrected chi connectivity index (χ3v) is 4.58. The predicted octanol–water partition coefficient (Wildman–Crippen LogP) is 2.17. The SMILES string of the molecule is CC1CN(C(=O)Cn2cnc3c(oc4ccccc43)c2=O)CC(C)(C)O1. The summed E-state index contributed by atoms with van der Waals surface area (Å²) in [5, 5.41) is 0.793. The van der Waals surface area contributed by atoms with E-state index in [9.17, 15) is 9.59 Å². The lowest BCUT2D eigenvalue weighted by Crippen LogP contribution is -2.54. The van der Waals surface area contributed by atoms with Crippen LogP contribution in [0.4, 0.5) is 0 Å². The number of para-hydroxylation sites is 1. The molecule has 1 aliphatic rings. The number of benzene rings is 1. The number of morpholine rings is 1. The van der Waals surface area contributed by atoms with E-state index in [-0.39, 0.29) is 29.7 Å². The van der Waals surface area contributed by atoms with Gasteiger partial charge in [-0.25, -0.2) is 4.98 Å². The fraction of sp³-hybridized carbons (Fsp3) is 0.421. The lowest BCUT2D eigenvalue weighted by Gasteiger charge is -2.41. The molecule has 3 heterocycles. The van der Waals surface area contributed by atoms with Gasteiger partial charge in [0.05, 0.1) is 18.0 Å². The van der Waals surface area contributed by atoms with Crippen molar-refractivity contribution in [2.24, 2.45) is 0 Å². The van der Waals surface area contributed by atoms with Crippen LogP contribution in [0.3, 0.4) is 0 Å². The number of amides is 1. The monoisotopic (exact) mass is 355 g/mol. The smallest absolute Gasteiger partial charge is 0.297 e. The summed E-state index contributed by atoms with van der Waals surface area (Å²) < 4.78 is 12.8. The van der Waals surface area contributed by atoms with Gasteiger partial charge in [-0.05, 0) is 32.9 Å². The number of rotatable bonds is 2. The van der Waals surface area contributed by atoms with Gasteiger partial charge in [-0.15, -0.1) is 0 Å². The molecule has 1 atom stereocenters. The Kier molecular flexibility index (Phi) is 3.84. The lowest BCUT2D eigenvalue weighted by molar-refractivity contribution is -0.158. The van der Waals surface area contributed by atoms with E-state index in [4.69, 9.17) is 9.15 Å². The molecule has 3 aromatic rings. The molecule has 4 rings (SSSR count). The van der Waals surface area contributed by atoms with E-state index in [1.807, 2.05) is 39.0 Å². The lowest BCUT2D eigenvalue weighted by atomic mass is 10.1. The second-order valence-corrected chi connectivity index (χ2v) is 7.42. The first-order valence-corrected chi connectivity index (χ1v) is 8.66. The zero-order chi connectivity index (χ0) is 18.5. The molecule has 0 aliphatic carbocycles. The van der Waals surface area contributed by atoms with Crippen LogP contribution in [0, 0.1) is 0 Å². The first kappa shape index (κ1) is 16.8. The fourth-order valence-corrected chi connectivity index (χ4v) is 3.62. The minimum absolute atomic E-state index is 0.0459. The maximum atomic E-state index is 12.7. The van der Waals surface area contributed by atoms with E-state index < -0.39 is 5.60 Å². The quantitative estimate of drug-likeness (QED) is 0.704. The molecule has 1 aliphatic heterocycles. The Balaban J connectivity index is 1.65. The Bertz CT molecular complexity index is 1050. The largest absolute Gasteiger partial charge is 0.448 e. The van der Waals surface area contributed by atoms with Gasteiger partial charge in [0.15, 0.2) is 0 Å². The molecular weight excluding hydrogens is 334 g/mol. The van der Waals surface area contributed by atoms with Crippen LogP contribution in [0.2, 0.25) is 0 Å². The summed E-state index contributed by atoms with van der Waals surface area (Å²) in [6.07, 6.45) is 1.37. The Labute approximate surface area is 150 Å². The third-order valence-electron chi connectivity index (χ3n) is 4.58. The van der Waals surface area contributed by atoms with Crippen LogP contribution in [0.25, 0.3) is 22.1 Å². The highest BCUT2D eigenvalue weighted by atomic mass is 16.5. The number of fused-ring (bicyclic) bond motifs is 3. The van der Waals surface area contributed by atoms with Gasteiger partial charge in [0.1, 0.15) is 17.6 Å². The van der Waals surface area contributed by atoms with Crippen LogP contribution in [0.1, 0.15) is 20.8 Å². The van der Waals surface area contributed by atoms with Crippen molar-refractivity contribution in [2.45, 2.75) is 39.0 Å². The molecule has 1 fully saturated rings. The molecule has 0 radical (unpaired) electrons. The minimum atomic E-state index is -0.404. The molecule has 0 N–H and O–H groups in total. The number of aromatic nitrogens is 2. The second kappa shape index (κ2) is 5.95. The van der Waals surface area contributed by atoms with Gasteiger partial charge >= 0.3 is 0 Å². The van der Waals surface area contributed by atoms with Crippen molar-refractivity contribution in [1.82, 2.24) is 14.5 Å². The third kappa shape index (κ3) is 2.88. The Hall–Kier alpha value is -2.67. The topological polar surface area (TPSA) is 77.6 Å². The van der Waals surface area contributed by atoms with Gasteiger partial charge in [-0.1, -0.05) is 12.1 Å². The number of hydrogen-bond donors (Lipinski definition) is 0. The van der Waals surface area contributed by atoms with Crippen molar-refractivity contribution in [3.05, 3.63) is 40.9 Å². The van der Waals surface area contributed by atoms with E-state index in [0.29, 0.717) is 24.2 Å². The molecule has 0 bridgehead atoms. The highest BCUT2D eigenvalue weighted by Crippen LogP contribution is 2.24. The number of hydrogen-bond acceptors (Lipinski definition) is 5. The van der Waals surface area contributed by atoms with Gasteiger partial charge in [-0.3, -0.25) is 14.2 Å². The number of carbonyl (C=O) groups excluding carboxylic acids is 1. The normalized spacial score (nSPS) is 20.0. The first-order valence-electron chi connectivity index (χ1n) is 8.66. The van der Waals surface area contributed by atoms with Crippen molar-refractivity contribution >= 4 is 28.0 Å². The molecule has 1 saturated heterocycles. The van der Waals surface area contributed by atoms with E-state index in [1.54, 1.807) is 11.0 Å². The standard InChI is InChI=1S/C19H21N3O4/c1-12-8-21(10-19(2,3)26-12)15(23)9-22-11-20-16-13-6-4-5-7-14(13)25-17(16)18(22)24/h4-7,11-12H,8-10H2,1-3H3. The average Bonchev–Trinajstić information content (AvgIpc) is 2.95. The van der Waals surface area contributed by atoms with Crippen molar-refractivity contribution in [1.29, 1.82) is 0 Å². The van der Waals surface area contributed by atoms with Crippen LogP contribution in [0.5, 0.6) is 0 Å². The van der Waals surface area contributed by atoms with Crippen LogP contribution >= 0.6 is 0 Å². The van der Waals surface area contributed by atoms with Crippen LogP contribution in [-0.2, 0) is 16.1 Å². The number of carbonyl (C=O) groups is 1. The van der Waals surface area contributed by atoms with Gasteiger partial charge in [0, 0.05) is 18.5 Å². The molecule has 7 nitrogen and oxygen atoms in total. The fourth-order valence-electron chi connectivity index (χ4n) is 3.62. The highest BCUT2D eigenvalue weighted by Gasteiger charge is 2.33. The van der Waals surface area contributed by atoms with Crippen molar-refractivity contribution in [3.8, 4) is 0 Å². The van der Waals surface area contributed by atoms with Gasteiger partial charge in [0.2, 0.25) is 11.5 Å². The first-order chi connectivity index (χ1) is 12.3. The Morgan fingerprint density at radius 1 is 1.35 bits per heavy atom.